The molecule has 0 N–H and O–H groups in total. The Bertz CT molecular complexity index is 906. The van der Waals surface area contributed by atoms with Crippen LogP contribution in [0.4, 0.5) is 11.5 Å². The lowest BCUT2D eigenvalue weighted by molar-refractivity contribution is 0.0517. The Morgan fingerprint density at radius 3 is 3.08 bits per heavy atom. The SMILES string of the molecule is CCOC(=O)c1noc2ncnc(N3CCCc4ccccc43)c12. The molecule has 0 saturated heterocycles. The highest BCUT2D eigenvalue weighted by molar-refractivity contribution is 6.05. The van der Waals surface area contributed by atoms with Crippen LogP contribution in [0.2, 0.25) is 0 Å². The number of fused-ring (bicyclic) bond motifs is 2. The molecule has 2 aromatic heterocycles. The van der Waals surface area contributed by atoms with E-state index in [2.05, 4.69) is 32.2 Å². The first-order chi connectivity index (χ1) is 11.8. The first kappa shape index (κ1) is 14.6. The molecular formula is C17H16N4O3. The van der Waals surface area contributed by atoms with Crippen molar-refractivity contribution in [3.8, 4) is 0 Å². The predicted octanol–water partition coefficient (Wildman–Crippen LogP) is 2.88. The van der Waals surface area contributed by atoms with Gasteiger partial charge in [-0.05, 0) is 31.4 Å². The van der Waals surface area contributed by atoms with E-state index in [4.69, 9.17) is 9.26 Å². The summed E-state index contributed by atoms with van der Waals surface area (Å²) >= 11 is 0. The Labute approximate surface area is 138 Å². The van der Waals surface area contributed by atoms with E-state index in [9.17, 15) is 4.79 Å². The summed E-state index contributed by atoms with van der Waals surface area (Å²) in [6.45, 7) is 2.82. The minimum Gasteiger partial charge on any atom is -0.461 e. The molecule has 1 aliphatic rings. The van der Waals surface area contributed by atoms with Gasteiger partial charge in [0.05, 0.1) is 6.61 Å². The van der Waals surface area contributed by atoms with Gasteiger partial charge in [0.25, 0.3) is 5.71 Å². The Kier molecular flexibility index (Phi) is 3.60. The van der Waals surface area contributed by atoms with Gasteiger partial charge in [0.1, 0.15) is 17.5 Å². The topological polar surface area (TPSA) is 81.3 Å². The second-order valence-corrected chi connectivity index (χ2v) is 5.51. The normalized spacial score (nSPS) is 13.8. The lowest BCUT2D eigenvalue weighted by atomic mass is 10.0. The van der Waals surface area contributed by atoms with Crippen LogP contribution in [0.3, 0.4) is 0 Å². The molecule has 122 valence electrons. The number of rotatable bonds is 3. The molecule has 0 spiro atoms. The molecule has 0 atom stereocenters. The molecule has 3 heterocycles. The lowest BCUT2D eigenvalue weighted by Gasteiger charge is -2.30. The maximum absolute atomic E-state index is 12.2. The molecule has 1 aromatic carbocycles. The van der Waals surface area contributed by atoms with E-state index < -0.39 is 5.97 Å². The van der Waals surface area contributed by atoms with Crippen molar-refractivity contribution in [1.29, 1.82) is 0 Å². The largest absolute Gasteiger partial charge is 0.461 e. The van der Waals surface area contributed by atoms with Gasteiger partial charge in [-0.2, -0.15) is 4.98 Å². The summed E-state index contributed by atoms with van der Waals surface area (Å²) < 4.78 is 10.3. The number of ether oxygens (including phenoxy) is 1. The average Bonchev–Trinajstić information content (AvgIpc) is 3.06. The van der Waals surface area contributed by atoms with E-state index in [-0.39, 0.29) is 18.0 Å². The third kappa shape index (κ3) is 2.29. The quantitative estimate of drug-likeness (QED) is 0.685. The molecule has 0 saturated carbocycles. The van der Waals surface area contributed by atoms with Crippen LogP contribution in [0.15, 0.2) is 35.1 Å². The number of benzene rings is 1. The standard InChI is InChI=1S/C17H16N4O3/c1-2-23-17(22)14-13-15(18-10-19-16(13)24-20-14)21-9-5-7-11-6-3-4-8-12(11)21/h3-4,6,8,10H,2,5,7,9H2,1H3. The summed E-state index contributed by atoms with van der Waals surface area (Å²) in [5, 5.41) is 4.34. The number of carbonyl (C=O) groups excluding carboxylic acids is 1. The Morgan fingerprint density at radius 2 is 2.21 bits per heavy atom. The van der Waals surface area contributed by atoms with Crippen LogP contribution < -0.4 is 4.90 Å². The molecule has 0 bridgehead atoms. The molecule has 1 aliphatic heterocycles. The smallest absolute Gasteiger partial charge is 0.361 e. The molecule has 4 rings (SSSR count). The number of esters is 1. The van der Waals surface area contributed by atoms with E-state index in [1.54, 1.807) is 6.92 Å². The van der Waals surface area contributed by atoms with Gasteiger partial charge in [0.15, 0.2) is 0 Å². The van der Waals surface area contributed by atoms with Gasteiger partial charge in [0.2, 0.25) is 5.69 Å². The second kappa shape index (κ2) is 5.92. The summed E-state index contributed by atoms with van der Waals surface area (Å²) in [5.74, 6) is 0.0917. The third-order valence-electron chi connectivity index (χ3n) is 4.09. The molecule has 0 radical (unpaired) electrons. The number of hydrogen-bond acceptors (Lipinski definition) is 7. The number of aromatic nitrogens is 3. The van der Waals surface area contributed by atoms with Gasteiger partial charge in [-0.1, -0.05) is 23.4 Å². The number of nitrogens with zero attached hydrogens (tertiary/aromatic N) is 4. The van der Waals surface area contributed by atoms with Crippen LogP contribution in [0.5, 0.6) is 0 Å². The summed E-state index contributed by atoms with van der Waals surface area (Å²) in [7, 11) is 0. The van der Waals surface area contributed by atoms with Gasteiger partial charge < -0.3 is 14.2 Å². The van der Waals surface area contributed by atoms with Crippen molar-refractivity contribution < 1.29 is 14.1 Å². The van der Waals surface area contributed by atoms with Crippen LogP contribution in [0.1, 0.15) is 29.4 Å². The Morgan fingerprint density at radius 1 is 1.33 bits per heavy atom. The van der Waals surface area contributed by atoms with Crippen molar-refractivity contribution in [2.75, 3.05) is 18.1 Å². The van der Waals surface area contributed by atoms with Crippen LogP contribution in [-0.2, 0) is 11.2 Å². The highest BCUT2D eigenvalue weighted by atomic mass is 16.5. The zero-order chi connectivity index (χ0) is 16.5. The van der Waals surface area contributed by atoms with E-state index in [0.29, 0.717) is 11.2 Å². The molecule has 24 heavy (non-hydrogen) atoms. The molecule has 7 heteroatoms. The number of anilines is 2. The van der Waals surface area contributed by atoms with Crippen LogP contribution in [0, 0.1) is 0 Å². The molecule has 0 amide bonds. The fraction of sp³-hybridized carbons (Fsp3) is 0.294. The molecular weight excluding hydrogens is 308 g/mol. The van der Waals surface area contributed by atoms with E-state index in [1.807, 2.05) is 12.1 Å². The van der Waals surface area contributed by atoms with Crippen molar-refractivity contribution in [2.24, 2.45) is 0 Å². The minimum atomic E-state index is -0.530. The van der Waals surface area contributed by atoms with E-state index in [0.717, 1.165) is 25.1 Å². The summed E-state index contributed by atoms with van der Waals surface area (Å²) in [4.78, 5) is 22.8. The highest BCUT2D eigenvalue weighted by Crippen LogP contribution is 2.36. The number of carbonyl (C=O) groups is 1. The second-order valence-electron chi connectivity index (χ2n) is 5.51. The summed E-state index contributed by atoms with van der Waals surface area (Å²) in [6, 6.07) is 8.19. The highest BCUT2D eigenvalue weighted by Gasteiger charge is 2.27. The van der Waals surface area contributed by atoms with Crippen molar-refractivity contribution in [1.82, 2.24) is 15.1 Å². The zero-order valence-corrected chi connectivity index (χ0v) is 13.2. The van der Waals surface area contributed by atoms with E-state index >= 15 is 0 Å². The molecule has 7 nitrogen and oxygen atoms in total. The summed E-state index contributed by atoms with van der Waals surface area (Å²) in [5.41, 5.74) is 2.74. The monoisotopic (exact) mass is 324 g/mol. The maximum Gasteiger partial charge on any atom is 0.361 e. The van der Waals surface area contributed by atoms with Gasteiger partial charge in [0, 0.05) is 12.2 Å². The van der Waals surface area contributed by atoms with Crippen molar-refractivity contribution in [3.05, 3.63) is 41.9 Å². The van der Waals surface area contributed by atoms with Crippen LogP contribution >= 0.6 is 0 Å². The fourth-order valence-electron chi connectivity index (χ4n) is 3.07. The molecule has 3 aromatic rings. The first-order valence-corrected chi connectivity index (χ1v) is 7.92. The molecule has 0 unspecified atom stereocenters. The van der Waals surface area contributed by atoms with Crippen molar-refractivity contribution >= 4 is 28.6 Å². The number of hydrogen-bond donors (Lipinski definition) is 0. The average molecular weight is 324 g/mol. The van der Waals surface area contributed by atoms with Gasteiger partial charge in [-0.15, -0.1) is 0 Å². The molecule has 0 fully saturated rings. The Hall–Kier alpha value is -2.96. The summed E-state index contributed by atoms with van der Waals surface area (Å²) in [6.07, 6.45) is 3.45. The van der Waals surface area contributed by atoms with Gasteiger partial charge in [-0.3, -0.25) is 0 Å². The van der Waals surface area contributed by atoms with Gasteiger partial charge >= 0.3 is 5.97 Å². The van der Waals surface area contributed by atoms with Crippen LogP contribution in [-0.4, -0.2) is 34.2 Å². The number of para-hydroxylation sites is 1. The van der Waals surface area contributed by atoms with Gasteiger partial charge in [-0.25, -0.2) is 9.78 Å². The maximum atomic E-state index is 12.2. The van der Waals surface area contributed by atoms with Crippen LogP contribution in [0.25, 0.3) is 11.1 Å². The Balaban J connectivity index is 1.89. The zero-order valence-electron chi connectivity index (χ0n) is 13.2. The lowest BCUT2D eigenvalue weighted by Crippen LogP contribution is -2.25. The predicted molar refractivity (Wildman–Crippen MR) is 87.3 cm³/mol. The van der Waals surface area contributed by atoms with Crippen molar-refractivity contribution in [3.63, 3.8) is 0 Å². The molecule has 0 aliphatic carbocycles. The van der Waals surface area contributed by atoms with Crippen molar-refractivity contribution in [2.45, 2.75) is 19.8 Å². The first-order valence-electron chi connectivity index (χ1n) is 7.92. The fourth-order valence-corrected chi connectivity index (χ4v) is 3.07. The van der Waals surface area contributed by atoms with E-state index in [1.165, 1.54) is 11.9 Å². The number of aryl methyl sites for hydroxylation is 1. The third-order valence-corrected chi connectivity index (χ3v) is 4.09. The minimum absolute atomic E-state index is 0.116.